The van der Waals surface area contributed by atoms with Crippen LogP contribution in [0.2, 0.25) is 0 Å². The Bertz CT molecular complexity index is 1720. The first-order valence-electron chi connectivity index (χ1n) is 21.9. The maximum atomic E-state index is 4.83. The van der Waals surface area contributed by atoms with E-state index in [1.54, 1.807) is 73.7 Å². The summed E-state index contributed by atoms with van der Waals surface area (Å²) < 4.78 is 11.9. The van der Waals surface area contributed by atoms with Gasteiger partial charge in [-0.2, -0.15) is 10.3 Å². The summed E-state index contributed by atoms with van der Waals surface area (Å²) >= 11 is 1.78. The highest BCUT2D eigenvalue weighted by Gasteiger charge is 1.84. The molecule has 66 heavy (non-hydrogen) atoms. The van der Waals surface area contributed by atoms with Crippen LogP contribution in [0.3, 0.4) is 0 Å². The van der Waals surface area contributed by atoms with E-state index in [2.05, 4.69) is 105 Å². The lowest BCUT2D eigenvalue weighted by Crippen LogP contribution is -1.86. The molecule has 0 atom stereocenters. The summed E-state index contributed by atoms with van der Waals surface area (Å²) in [5.74, 6) is 2.70. The second kappa shape index (κ2) is 56.1. The van der Waals surface area contributed by atoms with Gasteiger partial charge in [0, 0.05) is 70.2 Å². The molecule has 1 N–H and O–H groups in total. The van der Waals surface area contributed by atoms with Gasteiger partial charge in [-0.3, -0.25) is 9.67 Å². The Hall–Kier alpha value is -6.95. The molecular formula is C48H82N16OS. The fraction of sp³-hybridized carbons (Fsp3) is 0.396. The average Bonchev–Trinajstić information content (AvgIpc) is 4.24. The van der Waals surface area contributed by atoms with E-state index in [9.17, 15) is 0 Å². The molecule has 0 unspecified atom stereocenters. The number of furan rings is 1. The molecule has 17 nitrogen and oxygen atoms in total. The van der Waals surface area contributed by atoms with Gasteiger partial charge in [0.25, 0.3) is 0 Å². The van der Waals surface area contributed by atoms with Crippen molar-refractivity contribution in [2.75, 3.05) is 0 Å². The molecule has 0 aliphatic carbocycles. The molecule has 9 aromatic rings. The maximum absolute atomic E-state index is 4.83. The second-order valence-corrected chi connectivity index (χ2v) is 12.1. The van der Waals surface area contributed by atoms with Gasteiger partial charge in [-0.25, -0.2) is 19.6 Å². The zero-order valence-electron chi connectivity index (χ0n) is 43.4. The summed E-state index contributed by atoms with van der Waals surface area (Å²) in [5.41, 5.74) is 1.32. The highest BCUT2D eigenvalue weighted by atomic mass is 32.1. The van der Waals surface area contributed by atoms with Gasteiger partial charge in [0.2, 0.25) is 0 Å². The van der Waals surface area contributed by atoms with Crippen LogP contribution in [0.15, 0.2) is 151 Å². The first kappa shape index (κ1) is 68.1. The van der Waals surface area contributed by atoms with E-state index in [0.717, 1.165) is 11.6 Å². The minimum absolute atomic E-state index is 0.676. The number of H-pyrrole nitrogens is 1. The van der Waals surface area contributed by atoms with Gasteiger partial charge < -0.3 is 13.6 Å². The lowest BCUT2D eigenvalue weighted by molar-refractivity contribution is 0.534. The van der Waals surface area contributed by atoms with Crippen LogP contribution in [0, 0.1) is 34.6 Å². The van der Waals surface area contributed by atoms with E-state index >= 15 is 0 Å². The first-order chi connectivity index (χ1) is 32.1. The summed E-state index contributed by atoms with van der Waals surface area (Å²) in [7, 11) is 7.50. The van der Waals surface area contributed by atoms with Crippen molar-refractivity contribution in [1.82, 2.24) is 79.7 Å². The zero-order chi connectivity index (χ0) is 51.1. The molecule has 0 aliphatic rings. The molecule has 8 aromatic heterocycles. The molecule has 0 radical (unpaired) electrons. The van der Waals surface area contributed by atoms with Crippen LogP contribution in [-0.2, 0) is 28.2 Å². The molecule has 1 aromatic carbocycles. The number of aryl methyl sites for hydroxylation is 9. The van der Waals surface area contributed by atoms with E-state index in [1.165, 1.54) is 27.8 Å². The summed E-state index contributed by atoms with van der Waals surface area (Å²) in [6.45, 7) is 29.8. The molecule has 9 rings (SSSR count). The number of pyridine rings is 1. The number of hydrogen-bond donors (Lipinski definition) is 1. The lowest BCUT2D eigenvalue weighted by atomic mass is 10.2. The third kappa shape index (κ3) is 51.4. The molecule has 0 bridgehead atoms. The fourth-order valence-electron chi connectivity index (χ4n) is 3.02. The first-order valence-corrected chi connectivity index (χ1v) is 22.8. The van der Waals surface area contributed by atoms with Crippen molar-refractivity contribution in [3.8, 4) is 0 Å². The molecule has 0 saturated carbocycles. The van der Waals surface area contributed by atoms with Crippen molar-refractivity contribution >= 4 is 11.3 Å². The van der Waals surface area contributed by atoms with Crippen LogP contribution in [-0.4, -0.2) is 79.7 Å². The Morgan fingerprint density at radius 1 is 0.591 bits per heavy atom. The van der Waals surface area contributed by atoms with Crippen LogP contribution in [0.1, 0.15) is 97.1 Å². The van der Waals surface area contributed by atoms with Gasteiger partial charge in [-0.05, 0) is 80.8 Å². The summed E-state index contributed by atoms with van der Waals surface area (Å²) in [6.07, 6.45) is 18.9. The third-order valence-electron chi connectivity index (χ3n) is 5.97. The number of tetrazole rings is 2. The van der Waals surface area contributed by atoms with Gasteiger partial charge in [0.1, 0.15) is 30.6 Å². The van der Waals surface area contributed by atoms with Crippen molar-refractivity contribution in [1.29, 1.82) is 0 Å². The standard InChI is InChI=1S/C7H8.C5H8N2.C5H5N.C5H6O.C5H6S.C4H6N2.C3H5N3.2C2H4N4.5C2H6/c1-7-5-3-2-4-6-7;1-5-6-3-4-7(5)2;1-2-4-6-5-3-1;2*1-5-3-2-4-6-5;1-6-3-2-5-4-6;1-6-3-4-2-5-6;1-6-2-3-4-5-6;1-2-3-5-6-4-2;5*1-2/h2-6H,1H3;3-4H,1-2H3;1-5H;3*2-4H,1H3;2-3H,1H3;2H,1H3;1H3,(H,3,4,5,6);5*1-2H3. The van der Waals surface area contributed by atoms with E-state index < -0.39 is 0 Å². The van der Waals surface area contributed by atoms with E-state index in [1.807, 2.05) is 174 Å². The molecule has 0 aliphatic heterocycles. The van der Waals surface area contributed by atoms with Crippen LogP contribution < -0.4 is 0 Å². The number of aromatic amines is 1. The largest absolute Gasteiger partial charge is 0.470 e. The molecule has 0 fully saturated rings. The molecule has 0 amide bonds. The molecule has 0 spiro atoms. The average molecular weight is 931 g/mol. The van der Waals surface area contributed by atoms with Gasteiger partial charge >= 0.3 is 0 Å². The van der Waals surface area contributed by atoms with Crippen molar-refractivity contribution in [3.05, 3.63) is 175 Å². The highest BCUT2D eigenvalue weighted by Crippen LogP contribution is 2.03. The topological polar surface area (TPSA) is 190 Å². The number of benzene rings is 1. The van der Waals surface area contributed by atoms with Crippen molar-refractivity contribution in [2.24, 2.45) is 28.2 Å². The minimum atomic E-state index is 0.676. The predicted octanol–water partition coefficient (Wildman–Crippen LogP) is 11.5. The number of imidazole rings is 2. The Morgan fingerprint density at radius 2 is 1.23 bits per heavy atom. The zero-order valence-corrected chi connectivity index (χ0v) is 44.2. The van der Waals surface area contributed by atoms with Crippen LogP contribution in [0.25, 0.3) is 0 Å². The number of thiophene rings is 1. The van der Waals surface area contributed by atoms with Gasteiger partial charge in [0.15, 0.2) is 5.82 Å². The minimum Gasteiger partial charge on any atom is -0.470 e. The van der Waals surface area contributed by atoms with Crippen LogP contribution >= 0.6 is 11.3 Å². The Balaban J connectivity index is -0.000000206. The predicted molar refractivity (Wildman–Crippen MR) is 275 cm³/mol. The summed E-state index contributed by atoms with van der Waals surface area (Å²) in [6, 6.07) is 23.9. The van der Waals surface area contributed by atoms with Crippen LogP contribution in [0.4, 0.5) is 0 Å². The molecule has 8 heterocycles. The van der Waals surface area contributed by atoms with Gasteiger partial charge in [-0.1, -0.05) is 122 Å². The highest BCUT2D eigenvalue weighted by molar-refractivity contribution is 7.09. The van der Waals surface area contributed by atoms with E-state index in [0.29, 0.717) is 5.82 Å². The Labute approximate surface area is 400 Å². The summed E-state index contributed by atoms with van der Waals surface area (Å²) in [5, 5.41) is 28.7. The number of hydrogen-bond acceptors (Lipinski definition) is 13. The number of rotatable bonds is 0. The van der Waals surface area contributed by atoms with Gasteiger partial charge in [-0.15, -0.1) is 26.6 Å². The van der Waals surface area contributed by atoms with Crippen molar-refractivity contribution in [2.45, 2.75) is 104 Å². The van der Waals surface area contributed by atoms with E-state index in [-0.39, 0.29) is 0 Å². The molecule has 366 valence electrons. The van der Waals surface area contributed by atoms with Gasteiger partial charge in [0.05, 0.1) is 12.6 Å². The molecule has 18 heteroatoms. The smallest absolute Gasteiger partial charge is 0.171 e. The number of nitrogens with one attached hydrogen (secondary N) is 1. The molecule has 0 saturated heterocycles. The van der Waals surface area contributed by atoms with E-state index in [4.69, 9.17) is 4.42 Å². The number of nitrogens with zero attached hydrogens (tertiary/aromatic N) is 15. The summed E-state index contributed by atoms with van der Waals surface area (Å²) in [4.78, 5) is 16.6. The SMILES string of the molecule is CC.CC.CC.CC.CC.Cc1ccccc1.Cc1ccco1.Cc1cccs1.Cc1nccn1C.Cc1nn[nH]n1.Cn1ccnc1.Cn1cncn1.Cn1cnnn1.c1ccncc1. The molecular weight excluding hydrogens is 849 g/mol. The lowest BCUT2D eigenvalue weighted by Gasteiger charge is -1.87. The third-order valence-corrected chi connectivity index (χ3v) is 6.77. The van der Waals surface area contributed by atoms with Crippen molar-refractivity contribution in [3.63, 3.8) is 0 Å². The Kier molecular flexibility index (Phi) is 57.9. The Morgan fingerprint density at radius 3 is 1.38 bits per heavy atom. The van der Waals surface area contributed by atoms with Crippen molar-refractivity contribution < 1.29 is 4.42 Å². The quantitative estimate of drug-likeness (QED) is 0.152. The monoisotopic (exact) mass is 931 g/mol. The normalized spacial score (nSPS) is 7.92. The maximum Gasteiger partial charge on any atom is 0.171 e. The number of aromatic nitrogens is 16. The van der Waals surface area contributed by atoms with Crippen LogP contribution in [0.5, 0.6) is 0 Å². The fourth-order valence-corrected chi connectivity index (χ4v) is 3.55. The second-order valence-electron chi connectivity index (χ2n) is 11.0.